The molecular weight excluding hydrogens is 258 g/mol. The molecular formula is C14H23N3OS. The van der Waals surface area contributed by atoms with Gasteiger partial charge in [-0.2, -0.15) is 0 Å². The first-order chi connectivity index (χ1) is 9.11. The van der Waals surface area contributed by atoms with Crippen molar-refractivity contribution in [3.8, 4) is 0 Å². The summed E-state index contributed by atoms with van der Waals surface area (Å²) < 4.78 is 5.38. The van der Waals surface area contributed by atoms with Crippen molar-refractivity contribution in [1.29, 1.82) is 0 Å². The number of likely N-dealkylation sites (N-methyl/N-ethyl adjacent to an activating group) is 1. The Kier molecular flexibility index (Phi) is 4.96. The Morgan fingerprint density at radius 1 is 1.47 bits per heavy atom. The summed E-state index contributed by atoms with van der Waals surface area (Å²) in [5, 5.41) is 4.39. The second-order valence-corrected chi connectivity index (χ2v) is 5.95. The van der Waals surface area contributed by atoms with Crippen molar-refractivity contribution in [2.75, 3.05) is 38.3 Å². The van der Waals surface area contributed by atoms with Crippen LogP contribution in [-0.4, -0.2) is 44.4 Å². The van der Waals surface area contributed by atoms with Crippen molar-refractivity contribution in [2.24, 2.45) is 0 Å². The molecule has 19 heavy (non-hydrogen) atoms. The maximum Gasteiger partial charge on any atom is 0.186 e. The number of nitrogens with one attached hydrogen (secondary N) is 1. The Balaban J connectivity index is 2.16. The lowest BCUT2D eigenvalue weighted by Gasteiger charge is -2.26. The van der Waals surface area contributed by atoms with Gasteiger partial charge in [0.2, 0.25) is 0 Å². The number of hydrogen-bond donors (Lipinski definition) is 1. The molecule has 2 rings (SSSR count). The predicted molar refractivity (Wildman–Crippen MR) is 82.1 cm³/mol. The van der Waals surface area contributed by atoms with Crippen LogP contribution in [0.25, 0.3) is 6.08 Å². The molecule has 0 spiro atoms. The lowest BCUT2D eigenvalue weighted by Crippen LogP contribution is -2.36. The van der Waals surface area contributed by atoms with Gasteiger partial charge in [0.1, 0.15) is 0 Å². The third-order valence-corrected chi connectivity index (χ3v) is 4.74. The van der Waals surface area contributed by atoms with Gasteiger partial charge < -0.3 is 15.0 Å². The van der Waals surface area contributed by atoms with Gasteiger partial charge in [0, 0.05) is 19.1 Å². The number of nitrogens with zero attached hydrogens (tertiary/aromatic N) is 2. The largest absolute Gasteiger partial charge is 0.378 e. The molecule has 1 atom stereocenters. The second-order valence-electron chi connectivity index (χ2n) is 4.94. The molecule has 1 aromatic rings. The lowest BCUT2D eigenvalue weighted by atomic mass is 10.1. The third-order valence-electron chi connectivity index (χ3n) is 3.58. The maximum absolute atomic E-state index is 5.38. The van der Waals surface area contributed by atoms with Gasteiger partial charge in [-0.25, -0.2) is 4.98 Å². The smallest absolute Gasteiger partial charge is 0.186 e. The molecule has 5 heteroatoms. The van der Waals surface area contributed by atoms with E-state index in [9.17, 15) is 0 Å². The van der Waals surface area contributed by atoms with Gasteiger partial charge in [0.05, 0.1) is 23.8 Å². The second kappa shape index (κ2) is 6.50. The molecule has 1 saturated heterocycles. The number of thiazole rings is 1. The Morgan fingerprint density at radius 3 is 2.79 bits per heavy atom. The molecule has 1 aromatic heterocycles. The number of ether oxygens (including phenoxy) is 1. The van der Waals surface area contributed by atoms with E-state index in [4.69, 9.17) is 9.72 Å². The van der Waals surface area contributed by atoms with Crippen molar-refractivity contribution < 1.29 is 4.74 Å². The van der Waals surface area contributed by atoms with Crippen molar-refractivity contribution in [2.45, 2.75) is 26.8 Å². The minimum Gasteiger partial charge on any atom is -0.378 e. The van der Waals surface area contributed by atoms with Crippen LogP contribution in [0.4, 0.5) is 5.13 Å². The summed E-state index contributed by atoms with van der Waals surface area (Å²) in [5.41, 5.74) is 2.46. The van der Waals surface area contributed by atoms with E-state index >= 15 is 0 Å². The highest BCUT2D eigenvalue weighted by molar-refractivity contribution is 7.16. The Labute approximate surface area is 119 Å². The van der Waals surface area contributed by atoms with Gasteiger partial charge in [-0.15, -0.1) is 0 Å². The molecule has 0 amide bonds. The standard InChI is InChI=1S/C14H23N3OS/c1-10(11(2)15-4)9-13-12(3)16-14(19-13)17-5-7-18-8-6-17/h9,11,15H,5-8H2,1-4H3. The monoisotopic (exact) mass is 281 g/mol. The lowest BCUT2D eigenvalue weighted by molar-refractivity contribution is 0.122. The molecule has 0 aliphatic carbocycles. The quantitative estimate of drug-likeness (QED) is 0.919. The molecule has 106 valence electrons. The topological polar surface area (TPSA) is 37.4 Å². The Morgan fingerprint density at radius 2 is 2.16 bits per heavy atom. The van der Waals surface area contributed by atoms with Crippen LogP contribution in [0.2, 0.25) is 0 Å². The Bertz CT molecular complexity index is 450. The van der Waals surface area contributed by atoms with Crippen LogP contribution in [0.5, 0.6) is 0 Å². The number of anilines is 1. The highest BCUT2D eigenvalue weighted by Crippen LogP contribution is 2.28. The van der Waals surface area contributed by atoms with E-state index in [1.165, 1.54) is 10.5 Å². The summed E-state index contributed by atoms with van der Waals surface area (Å²) in [7, 11) is 1.99. The normalized spacial score (nSPS) is 18.7. The average Bonchev–Trinajstić information content (AvgIpc) is 2.80. The van der Waals surface area contributed by atoms with Crippen LogP contribution < -0.4 is 10.2 Å². The SMILES string of the molecule is CNC(C)C(C)=Cc1sc(N2CCOCC2)nc1C. The van der Waals surface area contributed by atoms with E-state index < -0.39 is 0 Å². The summed E-state index contributed by atoms with van der Waals surface area (Å²) in [6.07, 6.45) is 2.25. The van der Waals surface area contributed by atoms with E-state index in [0.29, 0.717) is 6.04 Å². The molecule has 0 saturated carbocycles. The van der Waals surface area contributed by atoms with Crippen LogP contribution in [0.15, 0.2) is 5.57 Å². The summed E-state index contributed by atoms with van der Waals surface area (Å²) in [5.74, 6) is 0. The van der Waals surface area contributed by atoms with Crippen LogP contribution in [-0.2, 0) is 4.74 Å². The highest BCUT2D eigenvalue weighted by Gasteiger charge is 2.16. The third kappa shape index (κ3) is 3.55. The van der Waals surface area contributed by atoms with E-state index in [1.54, 1.807) is 11.3 Å². The fourth-order valence-corrected chi connectivity index (χ4v) is 3.11. The summed E-state index contributed by atoms with van der Waals surface area (Å²) >= 11 is 1.78. The van der Waals surface area contributed by atoms with Gasteiger partial charge in [-0.3, -0.25) is 0 Å². The minimum absolute atomic E-state index is 0.397. The maximum atomic E-state index is 5.38. The number of morpholine rings is 1. The van der Waals surface area contributed by atoms with Crippen molar-refractivity contribution >= 4 is 22.5 Å². The first kappa shape index (κ1) is 14.5. The zero-order valence-electron chi connectivity index (χ0n) is 12.2. The number of rotatable bonds is 4. The van der Waals surface area contributed by atoms with E-state index in [-0.39, 0.29) is 0 Å². The van der Waals surface area contributed by atoms with Crippen LogP contribution in [0.3, 0.4) is 0 Å². The summed E-state index contributed by atoms with van der Waals surface area (Å²) in [6.45, 7) is 9.92. The van der Waals surface area contributed by atoms with E-state index in [1.807, 2.05) is 7.05 Å². The van der Waals surface area contributed by atoms with E-state index in [2.05, 4.69) is 37.1 Å². The number of aryl methyl sites for hydroxylation is 1. The van der Waals surface area contributed by atoms with E-state index in [0.717, 1.165) is 37.1 Å². The molecule has 1 N–H and O–H groups in total. The summed E-state index contributed by atoms with van der Waals surface area (Å²) in [6, 6.07) is 0.397. The molecule has 1 fully saturated rings. The predicted octanol–water partition coefficient (Wildman–Crippen LogP) is 2.30. The molecule has 2 heterocycles. The number of aromatic nitrogens is 1. The zero-order chi connectivity index (χ0) is 13.8. The highest BCUT2D eigenvalue weighted by atomic mass is 32.1. The molecule has 0 bridgehead atoms. The van der Waals surface area contributed by atoms with Crippen molar-refractivity contribution in [3.05, 3.63) is 16.1 Å². The zero-order valence-corrected chi connectivity index (χ0v) is 13.0. The molecule has 1 aliphatic heterocycles. The average molecular weight is 281 g/mol. The van der Waals surface area contributed by atoms with Gasteiger partial charge in [-0.1, -0.05) is 16.9 Å². The fourth-order valence-electron chi connectivity index (χ4n) is 1.98. The van der Waals surface area contributed by atoms with Crippen LogP contribution in [0, 0.1) is 6.92 Å². The Hall–Kier alpha value is -0.910. The number of hydrogen-bond acceptors (Lipinski definition) is 5. The molecule has 0 radical (unpaired) electrons. The molecule has 0 aromatic carbocycles. The van der Waals surface area contributed by atoms with Crippen LogP contribution in [0.1, 0.15) is 24.4 Å². The summed E-state index contributed by atoms with van der Waals surface area (Å²) in [4.78, 5) is 8.28. The first-order valence-electron chi connectivity index (χ1n) is 6.77. The van der Waals surface area contributed by atoms with Crippen molar-refractivity contribution in [3.63, 3.8) is 0 Å². The van der Waals surface area contributed by atoms with Gasteiger partial charge >= 0.3 is 0 Å². The first-order valence-corrected chi connectivity index (χ1v) is 7.59. The molecule has 1 unspecified atom stereocenters. The van der Waals surface area contributed by atoms with Crippen LogP contribution >= 0.6 is 11.3 Å². The van der Waals surface area contributed by atoms with Gasteiger partial charge in [0.15, 0.2) is 5.13 Å². The fraction of sp³-hybridized carbons (Fsp3) is 0.643. The molecule has 4 nitrogen and oxygen atoms in total. The van der Waals surface area contributed by atoms with Gasteiger partial charge in [-0.05, 0) is 33.9 Å². The minimum atomic E-state index is 0.397. The van der Waals surface area contributed by atoms with Crippen molar-refractivity contribution in [1.82, 2.24) is 10.3 Å². The van der Waals surface area contributed by atoms with Gasteiger partial charge in [0.25, 0.3) is 0 Å². The molecule has 1 aliphatic rings.